The Kier molecular flexibility index (Phi) is 3.73. The number of nitrogens with two attached hydrogens (primary N) is 1. The van der Waals surface area contributed by atoms with Crippen LogP contribution < -0.4 is 11.1 Å². The van der Waals surface area contributed by atoms with E-state index in [9.17, 15) is 9.59 Å². The second kappa shape index (κ2) is 4.09. The van der Waals surface area contributed by atoms with Crippen LogP contribution in [0.25, 0.3) is 0 Å². The Morgan fingerprint density at radius 1 is 1.50 bits per heavy atom. The lowest BCUT2D eigenvalue weighted by Crippen LogP contribution is -2.38. The zero-order valence-corrected chi connectivity index (χ0v) is 7.68. The first-order valence-electron chi connectivity index (χ1n) is 3.83. The van der Waals surface area contributed by atoms with Gasteiger partial charge in [-0.2, -0.15) is 0 Å². The van der Waals surface area contributed by atoms with Crippen LogP contribution in [-0.2, 0) is 9.59 Å². The molecule has 0 aliphatic heterocycles. The maximum absolute atomic E-state index is 11.0. The molecule has 3 N–H and O–H groups in total. The molecule has 0 spiro atoms. The van der Waals surface area contributed by atoms with Crippen LogP contribution in [0.5, 0.6) is 0 Å². The number of hydrogen-bond donors (Lipinski definition) is 2. The van der Waals surface area contributed by atoms with Gasteiger partial charge in [0.25, 0.3) is 0 Å². The lowest BCUT2D eigenvalue weighted by Gasteiger charge is -2.18. The van der Waals surface area contributed by atoms with Gasteiger partial charge in [0.05, 0.1) is 11.8 Å². The standard InChI is InChI=1S/C8H15N2O2/c1-4-10-6(11)5-8(2,3)7(9)12/h5H,4H2,1-3H3,(H2,9,12)(H,10,11). The lowest BCUT2D eigenvalue weighted by molar-refractivity contribution is -0.128. The molecule has 0 aromatic heterocycles. The highest BCUT2D eigenvalue weighted by molar-refractivity contribution is 5.94. The third-order valence-corrected chi connectivity index (χ3v) is 1.48. The molecule has 0 rings (SSSR count). The molecule has 69 valence electrons. The van der Waals surface area contributed by atoms with Crippen LogP contribution in [0.2, 0.25) is 0 Å². The molecular weight excluding hydrogens is 156 g/mol. The number of rotatable bonds is 4. The van der Waals surface area contributed by atoms with Gasteiger partial charge in [-0.1, -0.05) is 13.8 Å². The van der Waals surface area contributed by atoms with E-state index in [1.807, 2.05) is 6.92 Å². The fourth-order valence-electron chi connectivity index (χ4n) is 0.624. The van der Waals surface area contributed by atoms with E-state index in [1.54, 1.807) is 13.8 Å². The highest BCUT2D eigenvalue weighted by atomic mass is 16.2. The van der Waals surface area contributed by atoms with Crippen molar-refractivity contribution in [2.75, 3.05) is 6.54 Å². The van der Waals surface area contributed by atoms with Gasteiger partial charge < -0.3 is 11.1 Å². The largest absolute Gasteiger partial charge is 0.369 e. The van der Waals surface area contributed by atoms with Crippen LogP contribution in [0.3, 0.4) is 0 Å². The molecule has 0 saturated heterocycles. The van der Waals surface area contributed by atoms with Crippen LogP contribution in [0.1, 0.15) is 20.8 Å². The Bertz CT molecular complexity index is 187. The molecule has 0 saturated carbocycles. The summed E-state index contributed by atoms with van der Waals surface area (Å²) in [4.78, 5) is 21.8. The fourth-order valence-corrected chi connectivity index (χ4v) is 0.624. The number of carbonyl (C=O) groups excluding carboxylic acids is 2. The van der Waals surface area contributed by atoms with Crippen molar-refractivity contribution >= 4 is 11.8 Å². The molecule has 0 heterocycles. The van der Waals surface area contributed by atoms with Crippen molar-refractivity contribution in [1.82, 2.24) is 5.32 Å². The third-order valence-electron chi connectivity index (χ3n) is 1.48. The molecular formula is C8H15N2O2. The van der Waals surface area contributed by atoms with E-state index in [1.165, 1.54) is 6.42 Å². The molecule has 0 aliphatic rings. The van der Waals surface area contributed by atoms with Crippen molar-refractivity contribution in [2.24, 2.45) is 11.1 Å². The molecule has 4 heteroatoms. The van der Waals surface area contributed by atoms with Crippen LogP contribution in [0, 0.1) is 11.8 Å². The predicted molar refractivity (Wildman–Crippen MR) is 46.0 cm³/mol. The van der Waals surface area contributed by atoms with Crippen LogP contribution >= 0.6 is 0 Å². The molecule has 0 atom stereocenters. The second-order valence-corrected chi connectivity index (χ2v) is 3.12. The summed E-state index contributed by atoms with van der Waals surface area (Å²) < 4.78 is 0. The zero-order valence-electron chi connectivity index (χ0n) is 7.68. The Hall–Kier alpha value is -1.06. The Labute approximate surface area is 72.5 Å². The predicted octanol–water partition coefficient (Wildman–Crippen LogP) is -0.162. The first kappa shape index (κ1) is 10.9. The molecule has 0 bridgehead atoms. The van der Waals surface area contributed by atoms with Gasteiger partial charge >= 0.3 is 0 Å². The van der Waals surface area contributed by atoms with Crippen LogP contribution in [0.4, 0.5) is 0 Å². The maximum atomic E-state index is 11.0. The quantitative estimate of drug-likeness (QED) is 0.616. The minimum Gasteiger partial charge on any atom is -0.369 e. The molecule has 0 aromatic rings. The summed E-state index contributed by atoms with van der Waals surface area (Å²) in [7, 11) is 0. The smallest absolute Gasteiger partial charge is 0.225 e. The summed E-state index contributed by atoms with van der Waals surface area (Å²) in [6.45, 7) is 5.56. The molecule has 0 aromatic carbocycles. The van der Waals surface area contributed by atoms with E-state index in [-0.39, 0.29) is 5.91 Å². The van der Waals surface area contributed by atoms with Gasteiger partial charge in [-0.05, 0) is 6.92 Å². The van der Waals surface area contributed by atoms with Gasteiger partial charge in [-0.15, -0.1) is 0 Å². The molecule has 1 radical (unpaired) electrons. The van der Waals surface area contributed by atoms with Crippen molar-refractivity contribution in [3.8, 4) is 0 Å². The van der Waals surface area contributed by atoms with Crippen LogP contribution in [0.15, 0.2) is 0 Å². The van der Waals surface area contributed by atoms with Gasteiger partial charge in [-0.3, -0.25) is 9.59 Å². The van der Waals surface area contributed by atoms with Gasteiger partial charge in [0, 0.05) is 6.54 Å². The summed E-state index contributed by atoms with van der Waals surface area (Å²) in [6, 6.07) is 0. The first-order valence-corrected chi connectivity index (χ1v) is 3.83. The molecule has 0 unspecified atom stereocenters. The van der Waals surface area contributed by atoms with Crippen molar-refractivity contribution in [3.63, 3.8) is 0 Å². The Balaban J connectivity index is 4.06. The van der Waals surface area contributed by atoms with Crippen molar-refractivity contribution < 1.29 is 9.59 Å². The molecule has 12 heavy (non-hydrogen) atoms. The number of amides is 2. The molecule has 0 fully saturated rings. The number of primary amides is 1. The minimum atomic E-state index is -0.876. The Morgan fingerprint density at radius 3 is 2.33 bits per heavy atom. The second-order valence-electron chi connectivity index (χ2n) is 3.12. The van der Waals surface area contributed by atoms with E-state index in [0.717, 1.165) is 0 Å². The monoisotopic (exact) mass is 171 g/mol. The molecule has 2 amide bonds. The summed E-state index contributed by atoms with van der Waals surface area (Å²) in [6.07, 6.45) is 1.29. The normalized spacial score (nSPS) is 10.9. The summed E-state index contributed by atoms with van der Waals surface area (Å²) >= 11 is 0. The summed E-state index contributed by atoms with van der Waals surface area (Å²) in [5.74, 6) is -0.768. The summed E-state index contributed by atoms with van der Waals surface area (Å²) in [5, 5.41) is 2.55. The van der Waals surface area contributed by atoms with Gasteiger partial charge in [0.2, 0.25) is 11.8 Å². The van der Waals surface area contributed by atoms with Crippen molar-refractivity contribution in [1.29, 1.82) is 0 Å². The van der Waals surface area contributed by atoms with Crippen molar-refractivity contribution in [2.45, 2.75) is 20.8 Å². The Morgan fingerprint density at radius 2 is 2.00 bits per heavy atom. The molecule has 4 nitrogen and oxygen atoms in total. The van der Waals surface area contributed by atoms with Gasteiger partial charge in [-0.25, -0.2) is 0 Å². The van der Waals surface area contributed by atoms with Gasteiger partial charge in [0.1, 0.15) is 0 Å². The van der Waals surface area contributed by atoms with E-state index in [0.29, 0.717) is 6.54 Å². The highest BCUT2D eigenvalue weighted by Gasteiger charge is 2.28. The molecule has 0 aliphatic carbocycles. The first-order chi connectivity index (χ1) is 5.40. The SMILES string of the molecule is CCNC(=O)[CH]C(C)(C)C(N)=O. The number of carbonyl (C=O) groups is 2. The minimum absolute atomic E-state index is 0.263. The lowest BCUT2D eigenvalue weighted by atomic mass is 9.88. The van der Waals surface area contributed by atoms with Crippen LogP contribution in [-0.4, -0.2) is 18.4 Å². The van der Waals surface area contributed by atoms with E-state index >= 15 is 0 Å². The van der Waals surface area contributed by atoms with Crippen molar-refractivity contribution in [3.05, 3.63) is 6.42 Å². The van der Waals surface area contributed by atoms with E-state index < -0.39 is 11.3 Å². The fraction of sp³-hybridized carbons (Fsp3) is 0.625. The topological polar surface area (TPSA) is 72.2 Å². The van der Waals surface area contributed by atoms with E-state index in [4.69, 9.17) is 5.73 Å². The zero-order chi connectivity index (χ0) is 9.78. The van der Waals surface area contributed by atoms with Gasteiger partial charge in [0.15, 0.2) is 0 Å². The highest BCUT2D eigenvalue weighted by Crippen LogP contribution is 2.17. The maximum Gasteiger partial charge on any atom is 0.225 e. The average Bonchev–Trinajstić information content (AvgIpc) is 1.85. The average molecular weight is 171 g/mol. The number of hydrogen-bond acceptors (Lipinski definition) is 2. The van der Waals surface area contributed by atoms with E-state index in [2.05, 4.69) is 5.32 Å². The third kappa shape index (κ3) is 3.37. The number of nitrogens with one attached hydrogen (secondary N) is 1. The summed E-state index contributed by atoms with van der Waals surface area (Å²) in [5.41, 5.74) is 4.19.